The van der Waals surface area contributed by atoms with Crippen molar-refractivity contribution in [2.45, 2.75) is 33.2 Å². The third-order valence-corrected chi connectivity index (χ3v) is 2.87. The first-order valence-electron chi connectivity index (χ1n) is 5.10. The summed E-state index contributed by atoms with van der Waals surface area (Å²) in [7, 11) is 0.667. The number of phenols is 1. The van der Waals surface area contributed by atoms with E-state index in [0.717, 1.165) is 17.5 Å². The summed E-state index contributed by atoms with van der Waals surface area (Å²) in [5.74, 6) is 0.320. The average Bonchev–Trinajstić information content (AvgIpc) is 2.25. The van der Waals surface area contributed by atoms with Gasteiger partial charge in [0.05, 0.1) is 6.61 Å². The monoisotopic (exact) mass is 226 g/mol. The topological polar surface area (TPSA) is 38.7 Å². The van der Waals surface area contributed by atoms with Crippen molar-refractivity contribution in [2.75, 3.05) is 0 Å². The molecule has 0 bridgehead atoms. The lowest BCUT2D eigenvalue weighted by Gasteiger charge is -2.15. The van der Waals surface area contributed by atoms with Crippen LogP contribution in [-0.4, -0.2) is 21.9 Å². The number of benzene rings is 1. The molecule has 0 aliphatic rings. The summed E-state index contributed by atoms with van der Waals surface area (Å²) >= 11 is 0. The van der Waals surface area contributed by atoms with Crippen LogP contribution in [0.15, 0.2) is 18.2 Å². The Morgan fingerprint density at radius 2 is 2.20 bits per heavy atom. The second kappa shape index (κ2) is 5.90. The summed E-state index contributed by atoms with van der Waals surface area (Å²) in [6.07, 6.45) is 0.687. The van der Waals surface area contributed by atoms with Gasteiger partial charge in [-0.15, -0.1) is 0 Å². The molecule has 0 fully saturated rings. The van der Waals surface area contributed by atoms with E-state index in [1.807, 2.05) is 32.0 Å². The molecule has 15 heavy (non-hydrogen) atoms. The number of aromatic hydroxyl groups is 1. The number of rotatable bonds is 5. The van der Waals surface area contributed by atoms with Crippen molar-refractivity contribution >= 4 is 10.5 Å². The standard InChI is InChI=1S/C11H18O3Si/c1-3-10(14-15)13-7-9-6-4-5-8(2)11(9)12/h4-6,10,12H,3,7H2,1-2,15H3. The maximum atomic E-state index is 9.74. The largest absolute Gasteiger partial charge is 0.507 e. The van der Waals surface area contributed by atoms with Crippen LogP contribution >= 0.6 is 0 Å². The van der Waals surface area contributed by atoms with Crippen molar-refractivity contribution in [2.24, 2.45) is 0 Å². The Hall–Kier alpha value is -0.843. The molecule has 0 radical (unpaired) electrons. The van der Waals surface area contributed by atoms with Gasteiger partial charge in [-0.3, -0.25) is 0 Å². The minimum atomic E-state index is -0.142. The minimum absolute atomic E-state index is 0.142. The quantitative estimate of drug-likeness (QED) is 0.606. The molecule has 1 aromatic carbocycles. The van der Waals surface area contributed by atoms with Gasteiger partial charge >= 0.3 is 0 Å². The van der Waals surface area contributed by atoms with Gasteiger partial charge in [-0.05, 0) is 18.9 Å². The molecule has 0 saturated heterocycles. The molecule has 0 aromatic heterocycles. The molecule has 1 unspecified atom stereocenters. The van der Waals surface area contributed by atoms with Crippen molar-refractivity contribution in [3.8, 4) is 5.75 Å². The number of phenolic OH excluding ortho intramolecular Hbond substituents is 1. The van der Waals surface area contributed by atoms with Crippen LogP contribution in [0.1, 0.15) is 24.5 Å². The highest BCUT2D eigenvalue weighted by molar-refractivity contribution is 5.98. The molecule has 1 atom stereocenters. The fraction of sp³-hybridized carbons (Fsp3) is 0.455. The van der Waals surface area contributed by atoms with E-state index in [-0.39, 0.29) is 6.29 Å². The second-order valence-electron chi connectivity index (χ2n) is 3.47. The van der Waals surface area contributed by atoms with Crippen LogP contribution < -0.4 is 0 Å². The van der Waals surface area contributed by atoms with Gasteiger partial charge in [0.25, 0.3) is 0 Å². The number of aryl methyl sites for hydroxylation is 1. The van der Waals surface area contributed by atoms with Gasteiger partial charge in [0.1, 0.15) is 22.5 Å². The Morgan fingerprint density at radius 3 is 2.80 bits per heavy atom. The highest BCUT2D eigenvalue weighted by Crippen LogP contribution is 2.22. The zero-order valence-electron chi connectivity index (χ0n) is 9.49. The van der Waals surface area contributed by atoms with E-state index >= 15 is 0 Å². The van der Waals surface area contributed by atoms with E-state index in [2.05, 4.69) is 0 Å². The van der Waals surface area contributed by atoms with Gasteiger partial charge in [-0.2, -0.15) is 0 Å². The maximum absolute atomic E-state index is 9.74. The summed E-state index contributed by atoms with van der Waals surface area (Å²) < 4.78 is 10.7. The minimum Gasteiger partial charge on any atom is -0.507 e. The Morgan fingerprint density at radius 1 is 1.47 bits per heavy atom. The highest BCUT2D eigenvalue weighted by atomic mass is 28.2. The first-order chi connectivity index (χ1) is 7.19. The molecule has 0 heterocycles. The van der Waals surface area contributed by atoms with E-state index in [9.17, 15) is 5.11 Å². The first kappa shape index (κ1) is 12.2. The van der Waals surface area contributed by atoms with Gasteiger partial charge in [-0.1, -0.05) is 25.1 Å². The summed E-state index contributed by atoms with van der Waals surface area (Å²) in [6.45, 7) is 4.28. The van der Waals surface area contributed by atoms with E-state index in [0.29, 0.717) is 22.8 Å². The Kier molecular flexibility index (Phi) is 4.81. The van der Waals surface area contributed by atoms with Crippen LogP contribution in [0.5, 0.6) is 5.75 Å². The third-order valence-electron chi connectivity index (χ3n) is 2.34. The van der Waals surface area contributed by atoms with Gasteiger partial charge in [0.15, 0.2) is 0 Å². The fourth-order valence-corrected chi connectivity index (χ4v) is 1.84. The molecule has 0 spiro atoms. The van der Waals surface area contributed by atoms with Gasteiger partial charge in [-0.25, -0.2) is 0 Å². The summed E-state index contributed by atoms with van der Waals surface area (Å²) in [4.78, 5) is 0. The fourth-order valence-electron chi connectivity index (χ4n) is 1.37. The molecule has 84 valence electrons. The second-order valence-corrected chi connectivity index (χ2v) is 3.94. The molecule has 4 heteroatoms. The normalized spacial score (nSPS) is 12.9. The van der Waals surface area contributed by atoms with Crippen LogP contribution in [0.2, 0.25) is 0 Å². The molecule has 1 aromatic rings. The van der Waals surface area contributed by atoms with E-state index in [1.165, 1.54) is 0 Å². The molecule has 0 saturated carbocycles. The highest BCUT2D eigenvalue weighted by Gasteiger charge is 2.07. The number of hydrogen-bond acceptors (Lipinski definition) is 3. The van der Waals surface area contributed by atoms with Crippen molar-refractivity contribution in [3.05, 3.63) is 29.3 Å². The smallest absolute Gasteiger partial charge is 0.149 e. The number of ether oxygens (including phenoxy) is 1. The van der Waals surface area contributed by atoms with Crippen molar-refractivity contribution in [1.29, 1.82) is 0 Å². The average molecular weight is 226 g/mol. The first-order valence-corrected chi connectivity index (χ1v) is 5.92. The molecule has 0 aliphatic carbocycles. The Balaban J connectivity index is 2.61. The van der Waals surface area contributed by atoms with Crippen LogP contribution in [0, 0.1) is 6.92 Å². The van der Waals surface area contributed by atoms with Crippen LogP contribution in [0.4, 0.5) is 0 Å². The SMILES string of the molecule is CCC(O[SiH3])OCc1cccc(C)c1O. The zero-order valence-corrected chi connectivity index (χ0v) is 11.5. The predicted octanol–water partition coefficient (Wildman–Crippen LogP) is 1.25. The summed E-state index contributed by atoms with van der Waals surface area (Å²) in [5, 5.41) is 9.74. The molecule has 1 rings (SSSR count). The van der Waals surface area contributed by atoms with E-state index < -0.39 is 0 Å². The zero-order chi connectivity index (χ0) is 11.3. The Labute approximate surface area is 93.6 Å². The van der Waals surface area contributed by atoms with Crippen LogP contribution in [0.3, 0.4) is 0 Å². The van der Waals surface area contributed by atoms with Crippen molar-refractivity contribution < 1.29 is 14.3 Å². The van der Waals surface area contributed by atoms with Crippen LogP contribution in [-0.2, 0) is 15.8 Å². The molecule has 3 nitrogen and oxygen atoms in total. The molecule has 0 amide bonds. The lowest BCUT2D eigenvalue weighted by Crippen LogP contribution is -2.14. The summed E-state index contributed by atoms with van der Waals surface area (Å²) in [5.41, 5.74) is 1.68. The lowest BCUT2D eigenvalue weighted by molar-refractivity contribution is -0.0876. The Bertz CT molecular complexity index is 311. The summed E-state index contributed by atoms with van der Waals surface area (Å²) in [6, 6.07) is 5.65. The van der Waals surface area contributed by atoms with Crippen molar-refractivity contribution in [1.82, 2.24) is 0 Å². The van der Waals surface area contributed by atoms with E-state index in [4.69, 9.17) is 9.16 Å². The molecule has 1 N–H and O–H groups in total. The molecular weight excluding hydrogens is 208 g/mol. The lowest BCUT2D eigenvalue weighted by atomic mass is 10.1. The van der Waals surface area contributed by atoms with Gasteiger partial charge in [0.2, 0.25) is 0 Å². The van der Waals surface area contributed by atoms with E-state index in [1.54, 1.807) is 0 Å². The van der Waals surface area contributed by atoms with Crippen molar-refractivity contribution in [3.63, 3.8) is 0 Å². The van der Waals surface area contributed by atoms with Crippen LogP contribution in [0.25, 0.3) is 0 Å². The van der Waals surface area contributed by atoms with Gasteiger partial charge < -0.3 is 14.3 Å². The molecular formula is C11H18O3Si. The predicted molar refractivity (Wildman–Crippen MR) is 62.7 cm³/mol. The van der Waals surface area contributed by atoms with Gasteiger partial charge in [0, 0.05) is 5.56 Å². The number of hydrogen-bond donors (Lipinski definition) is 1. The third kappa shape index (κ3) is 3.34. The maximum Gasteiger partial charge on any atom is 0.149 e. The number of para-hydroxylation sites is 1. The molecule has 0 aliphatic heterocycles.